The molecule has 1 aromatic carbocycles. The number of fused-ring (bicyclic) bond motifs is 1. The van der Waals surface area contributed by atoms with Gasteiger partial charge in [0, 0.05) is 24.3 Å². The lowest BCUT2D eigenvalue weighted by Gasteiger charge is -2.18. The van der Waals surface area contributed by atoms with Crippen LogP contribution in [0.2, 0.25) is 0 Å². The summed E-state index contributed by atoms with van der Waals surface area (Å²) in [5.74, 6) is -0.970. The maximum absolute atomic E-state index is 11.0. The number of anilines is 1. The largest absolute Gasteiger partial charge is 0.475 e. The summed E-state index contributed by atoms with van der Waals surface area (Å²) in [7, 11) is 0. The summed E-state index contributed by atoms with van der Waals surface area (Å²) in [5, 5.41) is 9.01. The molecule has 0 radical (unpaired) electrons. The van der Waals surface area contributed by atoms with Crippen molar-refractivity contribution in [3.05, 3.63) is 53.5 Å². The van der Waals surface area contributed by atoms with Gasteiger partial charge in [0.15, 0.2) is 0 Å². The van der Waals surface area contributed by atoms with Gasteiger partial charge in [-0.3, -0.25) is 0 Å². The van der Waals surface area contributed by atoms with Gasteiger partial charge in [-0.1, -0.05) is 18.2 Å². The summed E-state index contributed by atoms with van der Waals surface area (Å²) >= 11 is 0. The molecule has 4 heteroatoms. The van der Waals surface area contributed by atoms with Crippen molar-refractivity contribution in [3.8, 4) is 0 Å². The quantitative estimate of drug-likeness (QED) is 0.900. The molecule has 0 spiro atoms. The number of rotatable bonds is 3. The Labute approximate surface area is 104 Å². The van der Waals surface area contributed by atoms with Crippen LogP contribution in [0.15, 0.2) is 41.0 Å². The lowest BCUT2D eigenvalue weighted by molar-refractivity contribution is 0.0661. The van der Waals surface area contributed by atoms with Gasteiger partial charge in [-0.2, -0.15) is 0 Å². The Morgan fingerprint density at radius 1 is 1.33 bits per heavy atom. The van der Waals surface area contributed by atoms with E-state index in [0.29, 0.717) is 6.54 Å². The molecule has 0 unspecified atom stereocenters. The molecule has 18 heavy (non-hydrogen) atoms. The fraction of sp³-hybridized carbons (Fsp3) is 0.214. The van der Waals surface area contributed by atoms with Crippen LogP contribution >= 0.6 is 0 Å². The van der Waals surface area contributed by atoms with Gasteiger partial charge in [-0.05, 0) is 24.1 Å². The van der Waals surface area contributed by atoms with Crippen molar-refractivity contribution in [1.29, 1.82) is 0 Å². The van der Waals surface area contributed by atoms with Gasteiger partial charge >= 0.3 is 5.97 Å². The van der Waals surface area contributed by atoms with Crippen LogP contribution in [0.4, 0.5) is 5.69 Å². The number of furan rings is 1. The number of carboxylic acids is 1. The van der Waals surface area contributed by atoms with Crippen molar-refractivity contribution < 1.29 is 14.3 Å². The van der Waals surface area contributed by atoms with E-state index in [1.807, 2.05) is 12.1 Å². The summed E-state index contributed by atoms with van der Waals surface area (Å²) in [6.45, 7) is 1.50. The average Bonchev–Trinajstić information content (AvgIpc) is 2.97. The van der Waals surface area contributed by atoms with Crippen LogP contribution in [-0.4, -0.2) is 17.6 Å². The Bertz CT molecular complexity index is 588. The number of hydrogen-bond acceptors (Lipinski definition) is 3. The van der Waals surface area contributed by atoms with Gasteiger partial charge in [0.2, 0.25) is 5.76 Å². The van der Waals surface area contributed by atoms with Crippen LogP contribution < -0.4 is 4.90 Å². The van der Waals surface area contributed by atoms with Gasteiger partial charge < -0.3 is 14.4 Å². The zero-order valence-corrected chi connectivity index (χ0v) is 9.80. The van der Waals surface area contributed by atoms with E-state index in [9.17, 15) is 4.79 Å². The van der Waals surface area contributed by atoms with Crippen LogP contribution in [0, 0.1) is 0 Å². The highest BCUT2D eigenvalue weighted by molar-refractivity contribution is 5.86. The normalized spacial score (nSPS) is 13.7. The Kier molecular flexibility index (Phi) is 2.55. The first-order valence-electron chi connectivity index (χ1n) is 5.88. The minimum absolute atomic E-state index is 0.0411. The Morgan fingerprint density at radius 2 is 2.17 bits per heavy atom. The summed E-state index contributed by atoms with van der Waals surface area (Å²) in [6.07, 6.45) is 2.44. The molecule has 0 amide bonds. The molecular formula is C14H13NO3. The molecule has 3 rings (SSSR count). The topological polar surface area (TPSA) is 53.7 Å². The third-order valence-corrected chi connectivity index (χ3v) is 3.29. The molecule has 1 N–H and O–H groups in total. The van der Waals surface area contributed by atoms with Crippen molar-refractivity contribution >= 4 is 11.7 Å². The van der Waals surface area contributed by atoms with Crippen molar-refractivity contribution in [3.63, 3.8) is 0 Å². The lowest BCUT2D eigenvalue weighted by atomic mass is 10.2. The van der Waals surface area contributed by atoms with E-state index in [2.05, 4.69) is 17.0 Å². The predicted molar refractivity (Wildman–Crippen MR) is 66.9 cm³/mol. The van der Waals surface area contributed by atoms with Crippen LogP contribution in [0.1, 0.15) is 21.7 Å². The highest BCUT2D eigenvalue weighted by Gasteiger charge is 2.22. The fourth-order valence-corrected chi connectivity index (χ4v) is 2.42. The summed E-state index contributed by atoms with van der Waals surface area (Å²) < 4.78 is 5.00. The number of benzene rings is 1. The first kappa shape index (κ1) is 10.9. The van der Waals surface area contributed by atoms with Gasteiger partial charge in [0.25, 0.3) is 0 Å². The molecule has 0 saturated heterocycles. The van der Waals surface area contributed by atoms with Crippen molar-refractivity contribution in [2.24, 2.45) is 0 Å². The van der Waals surface area contributed by atoms with Gasteiger partial charge in [-0.25, -0.2) is 4.79 Å². The number of hydrogen-bond donors (Lipinski definition) is 1. The minimum atomic E-state index is -1.01. The smallest absolute Gasteiger partial charge is 0.372 e. The first-order chi connectivity index (χ1) is 8.75. The van der Waals surface area contributed by atoms with Crippen LogP contribution in [-0.2, 0) is 13.0 Å². The van der Waals surface area contributed by atoms with Crippen molar-refractivity contribution in [1.82, 2.24) is 0 Å². The molecule has 0 aliphatic carbocycles. The molecule has 4 nitrogen and oxygen atoms in total. The average molecular weight is 243 g/mol. The molecule has 1 aliphatic heterocycles. The second kappa shape index (κ2) is 4.22. The highest BCUT2D eigenvalue weighted by atomic mass is 16.4. The molecule has 2 heterocycles. The monoisotopic (exact) mass is 243 g/mol. The molecule has 1 aromatic heterocycles. The lowest BCUT2D eigenvalue weighted by Crippen LogP contribution is -2.20. The summed E-state index contributed by atoms with van der Waals surface area (Å²) in [5.41, 5.74) is 3.23. The second-order valence-electron chi connectivity index (χ2n) is 4.38. The van der Waals surface area contributed by atoms with E-state index >= 15 is 0 Å². The van der Waals surface area contributed by atoms with E-state index < -0.39 is 5.97 Å². The molecule has 2 aromatic rings. The maximum atomic E-state index is 11.0. The SMILES string of the molecule is O=C(O)c1occc1CN1CCc2ccccc21. The number of carboxylic acid groups (broad SMARTS) is 1. The van der Waals surface area contributed by atoms with Gasteiger partial charge in [0.1, 0.15) is 0 Å². The number of para-hydroxylation sites is 1. The number of carbonyl (C=O) groups is 1. The van der Waals surface area contributed by atoms with Crippen molar-refractivity contribution in [2.45, 2.75) is 13.0 Å². The van der Waals surface area contributed by atoms with Gasteiger partial charge in [0.05, 0.1) is 6.26 Å². The van der Waals surface area contributed by atoms with E-state index in [4.69, 9.17) is 9.52 Å². The van der Waals surface area contributed by atoms with E-state index in [0.717, 1.165) is 18.5 Å². The van der Waals surface area contributed by atoms with E-state index in [-0.39, 0.29) is 5.76 Å². The van der Waals surface area contributed by atoms with Crippen molar-refractivity contribution in [2.75, 3.05) is 11.4 Å². The Hall–Kier alpha value is -2.23. The number of nitrogens with zero attached hydrogens (tertiary/aromatic N) is 1. The molecule has 0 fully saturated rings. The van der Waals surface area contributed by atoms with E-state index in [1.54, 1.807) is 6.07 Å². The van der Waals surface area contributed by atoms with Crippen LogP contribution in [0.25, 0.3) is 0 Å². The first-order valence-corrected chi connectivity index (χ1v) is 5.88. The zero-order valence-electron chi connectivity index (χ0n) is 9.80. The molecule has 0 saturated carbocycles. The van der Waals surface area contributed by atoms with Gasteiger partial charge in [-0.15, -0.1) is 0 Å². The summed E-state index contributed by atoms with van der Waals surface area (Å²) in [6, 6.07) is 9.95. The highest BCUT2D eigenvalue weighted by Crippen LogP contribution is 2.29. The molecular weight excluding hydrogens is 230 g/mol. The number of aromatic carboxylic acids is 1. The standard InChI is InChI=1S/C14H13NO3/c16-14(17)13-11(6-8-18-13)9-15-7-5-10-3-1-2-4-12(10)15/h1-4,6,8H,5,7,9H2,(H,16,17). The Balaban J connectivity index is 1.86. The molecule has 0 atom stereocenters. The van der Waals surface area contributed by atoms with Crippen LogP contribution in [0.5, 0.6) is 0 Å². The minimum Gasteiger partial charge on any atom is -0.475 e. The third-order valence-electron chi connectivity index (χ3n) is 3.29. The maximum Gasteiger partial charge on any atom is 0.372 e. The van der Waals surface area contributed by atoms with Crippen LogP contribution in [0.3, 0.4) is 0 Å². The molecule has 0 bridgehead atoms. The molecule has 92 valence electrons. The Morgan fingerprint density at radius 3 is 3.00 bits per heavy atom. The predicted octanol–water partition coefficient (Wildman–Crippen LogP) is 2.54. The third kappa shape index (κ3) is 1.76. The second-order valence-corrected chi connectivity index (χ2v) is 4.38. The zero-order chi connectivity index (χ0) is 12.5. The fourth-order valence-electron chi connectivity index (χ4n) is 2.42. The molecule has 1 aliphatic rings. The van der Waals surface area contributed by atoms with E-state index in [1.165, 1.54) is 17.5 Å². The summed E-state index contributed by atoms with van der Waals surface area (Å²) in [4.78, 5) is 13.2.